The molecule has 3 N–H and O–H groups in total. The van der Waals surface area contributed by atoms with E-state index < -0.39 is 16.0 Å². The Kier molecular flexibility index (Phi) is 4.40. The van der Waals surface area contributed by atoms with Crippen molar-refractivity contribution in [2.24, 2.45) is 10.6 Å². The number of carboxylic acid groups (broad SMARTS) is 1. The van der Waals surface area contributed by atoms with Crippen molar-refractivity contribution in [2.45, 2.75) is 37.0 Å². The van der Waals surface area contributed by atoms with E-state index in [0.717, 1.165) is 51.3 Å². The van der Waals surface area contributed by atoms with Crippen LogP contribution in [-0.4, -0.2) is 32.6 Å². The molecule has 130 valence electrons. The quantitative estimate of drug-likeness (QED) is 0.815. The molecule has 1 saturated heterocycles. The van der Waals surface area contributed by atoms with Crippen LogP contribution in [0.3, 0.4) is 0 Å². The Balaban J connectivity index is 1.96. The van der Waals surface area contributed by atoms with Crippen LogP contribution in [0.1, 0.15) is 42.5 Å². The Labute approximate surface area is 142 Å². The van der Waals surface area contributed by atoms with Gasteiger partial charge in [0.15, 0.2) is 0 Å². The lowest BCUT2D eigenvalue weighted by Crippen LogP contribution is -2.44. The van der Waals surface area contributed by atoms with E-state index in [0.29, 0.717) is 5.69 Å². The molecule has 2 aliphatic rings. The number of sulfonamides is 1. The first kappa shape index (κ1) is 17.0. The number of nitrogens with zero attached hydrogens (tertiary/aromatic N) is 1. The second kappa shape index (κ2) is 6.22. The van der Waals surface area contributed by atoms with Crippen LogP contribution < -0.4 is 10.0 Å². The van der Waals surface area contributed by atoms with Crippen LogP contribution in [0.2, 0.25) is 0 Å². The van der Waals surface area contributed by atoms with Crippen molar-refractivity contribution in [3.8, 4) is 0 Å². The Morgan fingerprint density at radius 3 is 2.67 bits per heavy atom. The Hall–Kier alpha value is -1.86. The maximum absolute atomic E-state index is 11.6. The van der Waals surface area contributed by atoms with Gasteiger partial charge in [-0.2, -0.15) is 0 Å². The minimum absolute atomic E-state index is 0.00933. The molecule has 1 aliphatic carbocycles. The molecule has 0 amide bonds. The van der Waals surface area contributed by atoms with Crippen LogP contribution in [-0.2, 0) is 10.0 Å². The molecule has 1 aromatic carbocycles. The van der Waals surface area contributed by atoms with Gasteiger partial charge in [-0.25, -0.2) is 18.4 Å². The van der Waals surface area contributed by atoms with Gasteiger partial charge in [-0.15, -0.1) is 0 Å². The van der Waals surface area contributed by atoms with Gasteiger partial charge in [0.2, 0.25) is 10.0 Å². The van der Waals surface area contributed by atoms with E-state index in [1.54, 1.807) is 6.07 Å². The molecule has 1 heterocycles. The molecule has 0 aromatic heterocycles. The number of rotatable bonds is 3. The fraction of sp³-hybridized carbons (Fsp3) is 0.471. The maximum Gasteiger partial charge on any atom is 0.337 e. The molecule has 0 saturated carbocycles. The fourth-order valence-corrected chi connectivity index (χ4v) is 4.41. The first-order valence-corrected chi connectivity index (χ1v) is 9.66. The number of hydrogen-bond acceptors (Lipinski definition) is 4. The van der Waals surface area contributed by atoms with E-state index in [2.05, 4.69) is 17.1 Å². The molecule has 6 nitrogen and oxygen atoms in total. The Bertz CT molecular complexity index is 788. The van der Waals surface area contributed by atoms with Crippen LogP contribution in [0.25, 0.3) is 0 Å². The van der Waals surface area contributed by atoms with Crippen molar-refractivity contribution in [1.29, 1.82) is 0 Å². The minimum atomic E-state index is -3.92. The molecule has 24 heavy (non-hydrogen) atoms. The molecule has 3 rings (SSSR count). The van der Waals surface area contributed by atoms with Gasteiger partial charge in [-0.3, -0.25) is 0 Å². The van der Waals surface area contributed by atoms with Gasteiger partial charge in [0.25, 0.3) is 0 Å². The predicted octanol–water partition coefficient (Wildman–Crippen LogP) is 2.36. The monoisotopic (exact) mass is 350 g/mol. The summed E-state index contributed by atoms with van der Waals surface area (Å²) in [7, 11) is -3.92. The van der Waals surface area contributed by atoms with Crippen LogP contribution in [0.5, 0.6) is 0 Å². The van der Waals surface area contributed by atoms with Crippen LogP contribution >= 0.6 is 0 Å². The summed E-state index contributed by atoms with van der Waals surface area (Å²) in [5, 5.41) is 14.6. The topological polar surface area (TPSA) is 101 Å². The van der Waals surface area contributed by atoms with E-state index in [4.69, 9.17) is 5.14 Å². The smallest absolute Gasteiger partial charge is 0.337 e. The number of carbonyl (C=O) groups is 1. The van der Waals surface area contributed by atoms with E-state index in [9.17, 15) is 18.3 Å². The lowest BCUT2D eigenvalue weighted by molar-refractivity contribution is 0.0696. The molecule has 1 fully saturated rings. The zero-order chi connectivity index (χ0) is 17.4. The standard InChI is InChI=1S/C17H22N2O4S/c18-24(22,23)13-5-6-15(14(11-13)16(20)21)19-10-4-9-17(12-19)7-2-1-3-8-17/h1-2,5-6,11H,3-4,7-10,12H2,(H,20,21)(H2,18,22,23). The molecule has 7 heteroatoms. The van der Waals surface area contributed by atoms with Crippen molar-refractivity contribution in [3.05, 3.63) is 35.9 Å². The third kappa shape index (κ3) is 3.32. The lowest BCUT2D eigenvalue weighted by Gasteiger charge is -2.45. The summed E-state index contributed by atoms with van der Waals surface area (Å²) in [6.45, 7) is 1.58. The SMILES string of the molecule is NS(=O)(=O)c1ccc(N2CCCC3(CC=CCC3)C2)c(C(=O)O)c1. The van der Waals surface area contributed by atoms with Crippen molar-refractivity contribution < 1.29 is 18.3 Å². The third-order valence-corrected chi connectivity index (χ3v) is 6.00. The number of hydrogen-bond donors (Lipinski definition) is 2. The highest BCUT2D eigenvalue weighted by Gasteiger charge is 2.36. The molecule has 1 aliphatic heterocycles. The summed E-state index contributed by atoms with van der Waals surface area (Å²) >= 11 is 0. The second-order valence-electron chi connectivity index (χ2n) is 6.77. The largest absolute Gasteiger partial charge is 0.478 e. The summed E-state index contributed by atoms with van der Waals surface area (Å²) in [6.07, 6.45) is 9.75. The van der Waals surface area contributed by atoms with E-state index >= 15 is 0 Å². The summed E-state index contributed by atoms with van der Waals surface area (Å²) in [5.41, 5.74) is 0.759. The number of allylic oxidation sites excluding steroid dienone is 2. The number of primary sulfonamides is 1. The van der Waals surface area contributed by atoms with Crippen molar-refractivity contribution in [3.63, 3.8) is 0 Å². The van der Waals surface area contributed by atoms with Crippen molar-refractivity contribution in [1.82, 2.24) is 0 Å². The first-order valence-electron chi connectivity index (χ1n) is 8.11. The van der Waals surface area contributed by atoms with Crippen LogP contribution in [0.15, 0.2) is 35.2 Å². The van der Waals surface area contributed by atoms with E-state index in [1.165, 1.54) is 6.07 Å². The fourth-order valence-electron chi connectivity index (χ4n) is 3.87. The number of anilines is 1. The Morgan fingerprint density at radius 2 is 2.04 bits per heavy atom. The van der Waals surface area contributed by atoms with Gasteiger partial charge in [-0.1, -0.05) is 12.2 Å². The first-order chi connectivity index (χ1) is 11.3. The van der Waals surface area contributed by atoms with Gasteiger partial charge in [0.1, 0.15) is 0 Å². The summed E-state index contributed by atoms with van der Waals surface area (Å²) < 4.78 is 23.0. The van der Waals surface area contributed by atoms with Crippen molar-refractivity contribution in [2.75, 3.05) is 18.0 Å². The van der Waals surface area contributed by atoms with Gasteiger partial charge in [0, 0.05) is 13.1 Å². The van der Waals surface area contributed by atoms with Gasteiger partial charge >= 0.3 is 5.97 Å². The van der Waals surface area contributed by atoms with Crippen LogP contribution in [0.4, 0.5) is 5.69 Å². The highest BCUT2D eigenvalue weighted by atomic mass is 32.2. The average Bonchev–Trinajstić information content (AvgIpc) is 2.54. The normalized spacial score (nSPS) is 24.3. The predicted molar refractivity (Wildman–Crippen MR) is 91.6 cm³/mol. The lowest BCUT2D eigenvalue weighted by atomic mass is 9.71. The van der Waals surface area contributed by atoms with Crippen LogP contribution in [0, 0.1) is 5.41 Å². The average molecular weight is 350 g/mol. The zero-order valence-corrected chi connectivity index (χ0v) is 14.3. The van der Waals surface area contributed by atoms with Gasteiger partial charge in [0.05, 0.1) is 16.1 Å². The maximum atomic E-state index is 11.6. The molecular weight excluding hydrogens is 328 g/mol. The summed E-state index contributed by atoms with van der Waals surface area (Å²) in [5.74, 6) is -1.14. The summed E-state index contributed by atoms with van der Waals surface area (Å²) in [4.78, 5) is 13.5. The third-order valence-electron chi connectivity index (χ3n) is 5.09. The zero-order valence-electron chi connectivity index (χ0n) is 13.4. The molecule has 1 aromatic rings. The van der Waals surface area contributed by atoms with Gasteiger partial charge in [-0.05, 0) is 55.7 Å². The number of carboxylic acids is 1. The summed E-state index contributed by atoms with van der Waals surface area (Å²) in [6, 6.07) is 4.12. The van der Waals surface area contributed by atoms with Gasteiger partial charge < -0.3 is 10.0 Å². The minimum Gasteiger partial charge on any atom is -0.478 e. The number of nitrogens with two attached hydrogens (primary N) is 1. The highest BCUT2D eigenvalue weighted by molar-refractivity contribution is 7.89. The molecule has 0 radical (unpaired) electrons. The van der Waals surface area contributed by atoms with E-state index in [-0.39, 0.29) is 15.9 Å². The van der Waals surface area contributed by atoms with Crippen molar-refractivity contribution >= 4 is 21.7 Å². The molecule has 1 atom stereocenters. The molecular formula is C17H22N2O4S. The Morgan fingerprint density at radius 1 is 1.25 bits per heavy atom. The molecule has 0 bridgehead atoms. The number of piperidine rings is 1. The molecule has 1 unspecified atom stereocenters. The van der Waals surface area contributed by atoms with E-state index in [1.807, 2.05) is 0 Å². The second-order valence-corrected chi connectivity index (χ2v) is 8.33. The molecule has 1 spiro atoms. The highest BCUT2D eigenvalue weighted by Crippen LogP contribution is 2.42. The number of aromatic carboxylic acids is 1. The number of benzene rings is 1.